The highest BCUT2D eigenvalue weighted by atomic mass is 32.2. The number of sulfonamides is 1. The molecule has 1 aliphatic rings. The Labute approximate surface area is 186 Å². The molecular weight excluding hydrogens is 410 g/mol. The van der Waals surface area contributed by atoms with Crippen molar-refractivity contribution < 1.29 is 13.2 Å². The third-order valence-corrected chi connectivity index (χ3v) is 6.86. The number of hydrogen-bond acceptors (Lipinski definition) is 4. The lowest BCUT2D eigenvalue weighted by molar-refractivity contribution is -0.122. The molecule has 0 bridgehead atoms. The molecular formula is C24H33N3O3S. The maximum atomic E-state index is 13.0. The van der Waals surface area contributed by atoms with Crippen LogP contribution < -0.4 is 9.62 Å². The van der Waals surface area contributed by atoms with E-state index in [2.05, 4.69) is 22.3 Å². The molecule has 1 N–H and O–H groups in total. The third-order valence-electron chi connectivity index (χ3n) is 5.68. The number of benzene rings is 2. The first-order valence-electron chi connectivity index (χ1n) is 10.9. The molecule has 1 heterocycles. The third kappa shape index (κ3) is 6.31. The number of amides is 1. The molecule has 0 saturated carbocycles. The molecule has 1 fully saturated rings. The van der Waals surface area contributed by atoms with Gasteiger partial charge in [-0.05, 0) is 68.1 Å². The van der Waals surface area contributed by atoms with Crippen LogP contribution in [0.25, 0.3) is 0 Å². The van der Waals surface area contributed by atoms with Crippen LogP contribution in [0.15, 0.2) is 48.5 Å². The van der Waals surface area contributed by atoms with Crippen molar-refractivity contribution in [3.8, 4) is 0 Å². The standard InChI is InChI=1S/C24H33N3O3S/c1-4-23(27(31(3,29)30)22-9-7-8-19(2)16-22)24(28)25-17-20-10-12-21(13-11-20)18-26-14-5-6-15-26/h7-13,16,23H,4-6,14-15,17-18H2,1-3H3,(H,25,28)/t23-/m0/s1. The van der Waals surface area contributed by atoms with Gasteiger partial charge in [0, 0.05) is 13.1 Å². The van der Waals surface area contributed by atoms with Gasteiger partial charge in [-0.15, -0.1) is 0 Å². The van der Waals surface area contributed by atoms with Gasteiger partial charge in [0.15, 0.2) is 0 Å². The minimum absolute atomic E-state index is 0.296. The number of rotatable bonds is 9. The van der Waals surface area contributed by atoms with Crippen molar-refractivity contribution in [3.63, 3.8) is 0 Å². The van der Waals surface area contributed by atoms with E-state index >= 15 is 0 Å². The molecule has 3 rings (SSSR count). The van der Waals surface area contributed by atoms with Crippen molar-refractivity contribution in [1.29, 1.82) is 0 Å². The molecule has 1 aliphatic heterocycles. The highest BCUT2D eigenvalue weighted by Gasteiger charge is 2.31. The molecule has 1 saturated heterocycles. The molecule has 2 aromatic rings. The van der Waals surface area contributed by atoms with E-state index in [0.29, 0.717) is 18.7 Å². The zero-order chi connectivity index (χ0) is 22.4. The monoisotopic (exact) mass is 443 g/mol. The molecule has 0 radical (unpaired) electrons. The van der Waals surface area contributed by atoms with Crippen LogP contribution in [0.4, 0.5) is 5.69 Å². The van der Waals surface area contributed by atoms with Gasteiger partial charge in [0.1, 0.15) is 6.04 Å². The van der Waals surface area contributed by atoms with Crippen LogP contribution >= 0.6 is 0 Å². The Morgan fingerprint density at radius 2 is 1.74 bits per heavy atom. The SMILES string of the molecule is CC[C@@H](C(=O)NCc1ccc(CN2CCCC2)cc1)N(c1cccc(C)c1)S(C)(=O)=O. The largest absolute Gasteiger partial charge is 0.350 e. The Balaban J connectivity index is 1.66. The summed E-state index contributed by atoms with van der Waals surface area (Å²) in [6.07, 6.45) is 4.07. The van der Waals surface area contributed by atoms with Crippen LogP contribution in [0.1, 0.15) is 42.9 Å². The number of nitrogens with one attached hydrogen (secondary N) is 1. The first-order chi connectivity index (χ1) is 14.8. The van der Waals surface area contributed by atoms with E-state index in [1.54, 1.807) is 18.2 Å². The minimum atomic E-state index is -3.62. The Morgan fingerprint density at radius 1 is 1.10 bits per heavy atom. The predicted molar refractivity (Wildman–Crippen MR) is 125 cm³/mol. The summed E-state index contributed by atoms with van der Waals surface area (Å²) in [5.74, 6) is -0.296. The summed E-state index contributed by atoms with van der Waals surface area (Å²) in [6.45, 7) is 7.38. The highest BCUT2D eigenvalue weighted by molar-refractivity contribution is 7.92. The second-order valence-corrected chi connectivity index (χ2v) is 10.2. The second-order valence-electron chi connectivity index (χ2n) is 8.34. The molecule has 168 valence electrons. The molecule has 1 atom stereocenters. The second kappa shape index (κ2) is 10.3. The van der Waals surface area contributed by atoms with Crippen LogP contribution in [-0.4, -0.2) is 44.6 Å². The summed E-state index contributed by atoms with van der Waals surface area (Å²) in [4.78, 5) is 15.4. The summed E-state index contributed by atoms with van der Waals surface area (Å²) < 4.78 is 26.3. The maximum Gasteiger partial charge on any atom is 0.244 e. The fraction of sp³-hybridized carbons (Fsp3) is 0.458. The van der Waals surface area contributed by atoms with Gasteiger partial charge in [-0.2, -0.15) is 0 Å². The lowest BCUT2D eigenvalue weighted by Crippen LogP contribution is -2.49. The lowest BCUT2D eigenvalue weighted by Gasteiger charge is -2.30. The normalized spacial score (nSPS) is 15.6. The molecule has 0 aromatic heterocycles. The number of anilines is 1. The van der Waals surface area contributed by atoms with Crippen LogP contribution in [-0.2, 0) is 27.9 Å². The van der Waals surface area contributed by atoms with Crippen molar-refractivity contribution >= 4 is 21.6 Å². The van der Waals surface area contributed by atoms with Gasteiger partial charge < -0.3 is 5.32 Å². The van der Waals surface area contributed by atoms with Crippen molar-refractivity contribution in [2.45, 2.75) is 52.2 Å². The summed E-state index contributed by atoms with van der Waals surface area (Å²) in [6, 6.07) is 14.7. The fourth-order valence-corrected chi connectivity index (χ4v) is 5.30. The van der Waals surface area contributed by atoms with Crippen molar-refractivity contribution in [2.24, 2.45) is 0 Å². The Bertz CT molecular complexity index is 983. The van der Waals surface area contributed by atoms with Gasteiger partial charge in [-0.1, -0.05) is 43.3 Å². The van der Waals surface area contributed by atoms with Gasteiger partial charge in [0.25, 0.3) is 0 Å². The smallest absolute Gasteiger partial charge is 0.244 e. The molecule has 7 heteroatoms. The van der Waals surface area contributed by atoms with Gasteiger partial charge in [0.05, 0.1) is 11.9 Å². The van der Waals surface area contributed by atoms with Crippen molar-refractivity contribution in [3.05, 3.63) is 65.2 Å². The van der Waals surface area contributed by atoms with E-state index in [4.69, 9.17) is 0 Å². The number of carbonyl (C=O) groups excluding carboxylic acids is 1. The van der Waals surface area contributed by atoms with Crippen LogP contribution in [0.2, 0.25) is 0 Å². The Hall–Kier alpha value is -2.38. The van der Waals surface area contributed by atoms with Crippen molar-refractivity contribution in [2.75, 3.05) is 23.7 Å². The quantitative estimate of drug-likeness (QED) is 0.644. The topological polar surface area (TPSA) is 69.7 Å². The minimum Gasteiger partial charge on any atom is -0.350 e. The van der Waals surface area contributed by atoms with E-state index in [-0.39, 0.29) is 5.91 Å². The number of nitrogens with zero attached hydrogens (tertiary/aromatic N) is 2. The molecule has 0 aliphatic carbocycles. The van der Waals surface area contributed by atoms with E-state index in [1.807, 2.05) is 32.0 Å². The fourth-order valence-electron chi connectivity index (χ4n) is 4.09. The van der Waals surface area contributed by atoms with Crippen LogP contribution in [0, 0.1) is 6.92 Å². The van der Waals surface area contributed by atoms with E-state index in [1.165, 1.54) is 22.7 Å². The summed E-state index contributed by atoms with van der Waals surface area (Å²) in [7, 11) is -3.62. The van der Waals surface area contributed by atoms with Crippen molar-refractivity contribution in [1.82, 2.24) is 10.2 Å². The average molecular weight is 444 g/mol. The number of carbonyl (C=O) groups is 1. The molecule has 1 amide bonds. The molecule has 0 spiro atoms. The zero-order valence-corrected chi connectivity index (χ0v) is 19.5. The highest BCUT2D eigenvalue weighted by Crippen LogP contribution is 2.23. The summed E-state index contributed by atoms with van der Waals surface area (Å²) in [5, 5.41) is 2.92. The molecule has 6 nitrogen and oxygen atoms in total. The van der Waals surface area contributed by atoms with Gasteiger partial charge in [-0.3, -0.25) is 14.0 Å². The Kier molecular flexibility index (Phi) is 7.73. The molecule has 0 unspecified atom stereocenters. The first kappa shape index (κ1) is 23.3. The molecule has 31 heavy (non-hydrogen) atoms. The lowest BCUT2D eigenvalue weighted by atomic mass is 10.1. The van der Waals surface area contributed by atoms with Gasteiger partial charge in [0.2, 0.25) is 15.9 Å². The van der Waals surface area contributed by atoms with Crippen LogP contribution in [0.3, 0.4) is 0 Å². The van der Waals surface area contributed by atoms with Gasteiger partial charge >= 0.3 is 0 Å². The Morgan fingerprint density at radius 3 is 2.32 bits per heavy atom. The zero-order valence-electron chi connectivity index (χ0n) is 18.7. The number of likely N-dealkylation sites (tertiary alicyclic amines) is 1. The summed E-state index contributed by atoms with van der Waals surface area (Å²) >= 11 is 0. The number of hydrogen-bond donors (Lipinski definition) is 1. The van der Waals surface area contributed by atoms with Gasteiger partial charge in [-0.25, -0.2) is 8.42 Å². The maximum absolute atomic E-state index is 13.0. The van der Waals surface area contributed by atoms with E-state index in [9.17, 15) is 13.2 Å². The van der Waals surface area contributed by atoms with Crippen LogP contribution in [0.5, 0.6) is 0 Å². The number of aryl methyl sites for hydroxylation is 1. The molecule has 2 aromatic carbocycles. The van der Waals surface area contributed by atoms with E-state index in [0.717, 1.165) is 37.0 Å². The van der Waals surface area contributed by atoms with E-state index < -0.39 is 16.1 Å². The first-order valence-corrected chi connectivity index (χ1v) is 12.8. The average Bonchev–Trinajstić information content (AvgIpc) is 3.23. The predicted octanol–water partition coefficient (Wildman–Crippen LogP) is 3.45. The summed E-state index contributed by atoms with van der Waals surface area (Å²) in [5.41, 5.74) is 3.71.